The Morgan fingerprint density at radius 1 is 1.35 bits per heavy atom. The van der Waals surface area contributed by atoms with Crippen LogP contribution < -0.4 is 10.6 Å². The second kappa shape index (κ2) is 7.18. The highest BCUT2D eigenvalue weighted by atomic mass is 32.1. The molecule has 0 bridgehead atoms. The van der Waals surface area contributed by atoms with Gasteiger partial charge in [0.2, 0.25) is 5.91 Å². The Morgan fingerprint density at radius 3 is 2.50 bits per heavy atom. The largest absolute Gasteiger partial charge is 0.354 e. The van der Waals surface area contributed by atoms with E-state index in [1.165, 1.54) is 0 Å². The molecule has 0 saturated carbocycles. The Kier molecular flexibility index (Phi) is 6.14. The molecule has 1 aromatic heterocycles. The van der Waals surface area contributed by atoms with E-state index in [9.17, 15) is 4.79 Å². The van der Waals surface area contributed by atoms with Crippen LogP contribution in [0.25, 0.3) is 0 Å². The highest BCUT2D eigenvalue weighted by Crippen LogP contribution is 2.23. The number of carbonyl (C=O) groups is 1. The van der Waals surface area contributed by atoms with Crippen molar-refractivity contribution in [3.8, 4) is 0 Å². The number of nitrogens with zero attached hydrogens (tertiary/aromatic N) is 1. The summed E-state index contributed by atoms with van der Waals surface area (Å²) in [4.78, 5) is 16.5. The van der Waals surface area contributed by atoms with Gasteiger partial charge in [0, 0.05) is 23.9 Å². The molecule has 4 nitrogen and oxygen atoms in total. The van der Waals surface area contributed by atoms with Crippen LogP contribution in [-0.4, -0.2) is 23.5 Å². The van der Waals surface area contributed by atoms with Crippen LogP contribution in [0.4, 0.5) is 0 Å². The highest BCUT2D eigenvalue weighted by Gasteiger charge is 2.18. The standard InChI is InChI=1S/C15H27N3OS/c1-10(2)7-17-14(19)11(3)16-8-13-18-12(9-20-13)15(4,5)6/h9-11,16H,7-8H2,1-6H3,(H,17,19). The summed E-state index contributed by atoms with van der Waals surface area (Å²) in [5.41, 5.74) is 1.19. The number of hydrogen-bond acceptors (Lipinski definition) is 4. The van der Waals surface area contributed by atoms with Crippen LogP contribution in [0.15, 0.2) is 5.38 Å². The molecule has 2 N–H and O–H groups in total. The van der Waals surface area contributed by atoms with Crippen molar-refractivity contribution >= 4 is 17.2 Å². The molecule has 1 rings (SSSR count). The Balaban J connectivity index is 2.43. The van der Waals surface area contributed by atoms with Gasteiger partial charge in [-0.3, -0.25) is 10.1 Å². The fraction of sp³-hybridized carbons (Fsp3) is 0.733. The van der Waals surface area contributed by atoms with Gasteiger partial charge in [-0.1, -0.05) is 34.6 Å². The van der Waals surface area contributed by atoms with E-state index in [4.69, 9.17) is 0 Å². The maximum Gasteiger partial charge on any atom is 0.236 e. The number of nitrogens with one attached hydrogen (secondary N) is 2. The van der Waals surface area contributed by atoms with E-state index in [1.807, 2.05) is 6.92 Å². The summed E-state index contributed by atoms with van der Waals surface area (Å²) in [7, 11) is 0. The van der Waals surface area contributed by atoms with Crippen LogP contribution in [-0.2, 0) is 16.8 Å². The van der Waals surface area contributed by atoms with Gasteiger partial charge in [0.05, 0.1) is 11.7 Å². The van der Waals surface area contributed by atoms with Crippen LogP contribution >= 0.6 is 11.3 Å². The summed E-state index contributed by atoms with van der Waals surface area (Å²) in [6.45, 7) is 13.9. The lowest BCUT2D eigenvalue weighted by atomic mass is 9.93. The second-order valence-corrected chi connectivity index (χ2v) is 7.56. The molecule has 0 aliphatic carbocycles. The molecule has 0 aromatic carbocycles. The number of hydrogen-bond donors (Lipinski definition) is 2. The van der Waals surface area contributed by atoms with Crippen molar-refractivity contribution in [3.63, 3.8) is 0 Å². The quantitative estimate of drug-likeness (QED) is 0.849. The van der Waals surface area contributed by atoms with Crippen molar-refractivity contribution in [2.75, 3.05) is 6.54 Å². The van der Waals surface area contributed by atoms with Gasteiger partial charge in [0.15, 0.2) is 0 Å². The van der Waals surface area contributed by atoms with Gasteiger partial charge in [-0.25, -0.2) is 4.98 Å². The number of rotatable bonds is 6. The molecule has 5 heteroatoms. The summed E-state index contributed by atoms with van der Waals surface area (Å²) < 4.78 is 0. The molecule has 0 aliphatic rings. The van der Waals surface area contributed by atoms with Crippen LogP contribution in [0.2, 0.25) is 0 Å². The molecule has 20 heavy (non-hydrogen) atoms. The zero-order chi connectivity index (χ0) is 15.3. The topological polar surface area (TPSA) is 54.0 Å². The molecule has 114 valence electrons. The third-order valence-corrected chi connectivity index (χ3v) is 3.81. The minimum atomic E-state index is -0.198. The van der Waals surface area contributed by atoms with Crippen LogP contribution in [0, 0.1) is 5.92 Å². The third-order valence-electron chi connectivity index (χ3n) is 2.96. The molecule has 1 aromatic rings. The van der Waals surface area contributed by atoms with Crippen molar-refractivity contribution in [1.29, 1.82) is 0 Å². The summed E-state index contributed by atoms with van der Waals surface area (Å²) in [5, 5.41) is 9.28. The molecule has 0 saturated heterocycles. The van der Waals surface area contributed by atoms with E-state index in [-0.39, 0.29) is 17.4 Å². The van der Waals surface area contributed by atoms with Crippen molar-refractivity contribution in [1.82, 2.24) is 15.6 Å². The molecule has 1 atom stereocenters. The van der Waals surface area contributed by atoms with Gasteiger partial charge in [0.25, 0.3) is 0 Å². The normalized spacial score (nSPS) is 13.6. The predicted molar refractivity (Wildman–Crippen MR) is 85.0 cm³/mol. The molecule has 0 radical (unpaired) electrons. The van der Waals surface area contributed by atoms with E-state index >= 15 is 0 Å². The molecule has 1 heterocycles. The van der Waals surface area contributed by atoms with Gasteiger partial charge in [-0.05, 0) is 12.8 Å². The molecular formula is C15H27N3OS. The summed E-state index contributed by atoms with van der Waals surface area (Å²) >= 11 is 1.64. The van der Waals surface area contributed by atoms with E-state index in [2.05, 4.69) is 55.6 Å². The van der Waals surface area contributed by atoms with E-state index < -0.39 is 0 Å². The van der Waals surface area contributed by atoms with Crippen LogP contribution in [0.5, 0.6) is 0 Å². The average molecular weight is 297 g/mol. The minimum Gasteiger partial charge on any atom is -0.354 e. The van der Waals surface area contributed by atoms with Crippen molar-refractivity contribution < 1.29 is 4.79 Å². The van der Waals surface area contributed by atoms with E-state index in [1.54, 1.807) is 11.3 Å². The predicted octanol–water partition coefficient (Wildman–Crippen LogP) is 2.69. The zero-order valence-electron chi connectivity index (χ0n) is 13.4. The van der Waals surface area contributed by atoms with Gasteiger partial charge in [-0.2, -0.15) is 0 Å². The fourth-order valence-corrected chi connectivity index (χ4v) is 2.50. The van der Waals surface area contributed by atoms with Gasteiger partial charge in [0.1, 0.15) is 5.01 Å². The van der Waals surface area contributed by atoms with Crippen molar-refractivity contribution in [3.05, 3.63) is 16.1 Å². The Bertz CT molecular complexity index is 435. The minimum absolute atomic E-state index is 0.0475. The maximum absolute atomic E-state index is 11.8. The molecule has 1 amide bonds. The summed E-state index contributed by atoms with van der Waals surface area (Å²) in [6.07, 6.45) is 0. The lowest BCUT2D eigenvalue weighted by Crippen LogP contribution is -2.42. The zero-order valence-corrected chi connectivity index (χ0v) is 14.2. The third kappa shape index (κ3) is 5.59. The smallest absolute Gasteiger partial charge is 0.236 e. The Labute approximate surface area is 126 Å². The number of aromatic nitrogens is 1. The number of carbonyl (C=O) groups excluding carboxylic acids is 1. The summed E-state index contributed by atoms with van der Waals surface area (Å²) in [5.74, 6) is 0.519. The molecule has 0 aliphatic heterocycles. The van der Waals surface area contributed by atoms with Crippen LogP contribution in [0.1, 0.15) is 52.2 Å². The highest BCUT2D eigenvalue weighted by molar-refractivity contribution is 7.09. The Morgan fingerprint density at radius 2 is 2.00 bits per heavy atom. The van der Waals surface area contributed by atoms with E-state index in [0.29, 0.717) is 12.5 Å². The average Bonchev–Trinajstić information content (AvgIpc) is 2.81. The fourth-order valence-electron chi connectivity index (χ4n) is 1.53. The van der Waals surface area contributed by atoms with Gasteiger partial charge in [-0.15, -0.1) is 11.3 Å². The first-order chi connectivity index (χ1) is 9.20. The lowest BCUT2D eigenvalue weighted by Gasteiger charge is -2.15. The maximum atomic E-state index is 11.8. The van der Waals surface area contributed by atoms with Gasteiger partial charge >= 0.3 is 0 Å². The molecule has 0 spiro atoms. The number of amides is 1. The summed E-state index contributed by atoms with van der Waals surface area (Å²) in [6, 6.07) is -0.198. The monoisotopic (exact) mass is 297 g/mol. The van der Waals surface area contributed by atoms with Crippen molar-refractivity contribution in [2.45, 2.75) is 59.5 Å². The SMILES string of the molecule is CC(C)CNC(=O)C(C)NCc1nc(C(C)(C)C)cs1. The van der Waals surface area contributed by atoms with Gasteiger partial charge < -0.3 is 5.32 Å². The molecule has 1 unspecified atom stereocenters. The Hall–Kier alpha value is -0.940. The van der Waals surface area contributed by atoms with Crippen LogP contribution in [0.3, 0.4) is 0 Å². The number of thiazole rings is 1. The second-order valence-electron chi connectivity index (χ2n) is 6.62. The van der Waals surface area contributed by atoms with E-state index in [0.717, 1.165) is 17.2 Å². The molecule has 0 fully saturated rings. The first kappa shape index (κ1) is 17.1. The molecular weight excluding hydrogens is 270 g/mol. The first-order valence-electron chi connectivity index (χ1n) is 7.16. The lowest BCUT2D eigenvalue weighted by molar-refractivity contribution is -0.122. The van der Waals surface area contributed by atoms with Crippen molar-refractivity contribution in [2.24, 2.45) is 5.92 Å². The first-order valence-corrected chi connectivity index (χ1v) is 8.04.